The summed E-state index contributed by atoms with van der Waals surface area (Å²) < 4.78 is 0. The fourth-order valence-electron chi connectivity index (χ4n) is 2.65. The fourth-order valence-corrected chi connectivity index (χ4v) is 2.65. The van der Waals surface area contributed by atoms with Gasteiger partial charge in [-0.15, -0.1) is 0 Å². The second kappa shape index (κ2) is 6.64. The number of nitrogens with zero attached hydrogens (tertiary/aromatic N) is 1. The largest absolute Gasteiger partial charge is 0.509 e. The van der Waals surface area contributed by atoms with E-state index in [0.717, 1.165) is 24.6 Å². The van der Waals surface area contributed by atoms with E-state index in [1.54, 1.807) is 12.3 Å². The van der Waals surface area contributed by atoms with E-state index in [4.69, 9.17) is 5.41 Å². The van der Waals surface area contributed by atoms with Crippen molar-refractivity contribution in [2.24, 2.45) is 5.92 Å². The number of aliphatic hydroxyl groups is 1. The van der Waals surface area contributed by atoms with Crippen molar-refractivity contribution in [1.29, 1.82) is 5.41 Å². The van der Waals surface area contributed by atoms with Gasteiger partial charge in [0.25, 0.3) is 0 Å². The maximum absolute atomic E-state index is 9.95. The van der Waals surface area contributed by atoms with Crippen molar-refractivity contribution < 1.29 is 5.11 Å². The van der Waals surface area contributed by atoms with Crippen LogP contribution >= 0.6 is 0 Å². The number of aliphatic hydroxyl groups excluding tert-OH is 1. The number of rotatable bonds is 7. The maximum atomic E-state index is 9.95. The lowest BCUT2D eigenvalue weighted by atomic mass is 10.0. The monoisotopic (exact) mass is 263 g/mol. The standard InChI is InChI=1S/C15H25N3O/c1-18-13(6-4-2-3-5-12-7-8-12)14(19)11-17-15(18)9-10-16/h9-13,16-17,19H,2-8H2,1H3/b15-9+,16-10?. The summed E-state index contributed by atoms with van der Waals surface area (Å²) in [5.41, 5.74) is 0. The van der Waals surface area contributed by atoms with Crippen molar-refractivity contribution in [3.63, 3.8) is 0 Å². The molecule has 0 bridgehead atoms. The van der Waals surface area contributed by atoms with E-state index in [1.165, 1.54) is 38.3 Å². The van der Waals surface area contributed by atoms with Gasteiger partial charge in [0.1, 0.15) is 11.6 Å². The minimum atomic E-state index is 0.0494. The van der Waals surface area contributed by atoms with E-state index in [2.05, 4.69) is 5.32 Å². The molecule has 1 heterocycles. The van der Waals surface area contributed by atoms with E-state index in [1.807, 2.05) is 11.9 Å². The molecular formula is C15H25N3O. The summed E-state index contributed by atoms with van der Waals surface area (Å²) in [4.78, 5) is 2.02. The molecule has 19 heavy (non-hydrogen) atoms. The van der Waals surface area contributed by atoms with Crippen molar-refractivity contribution >= 4 is 6.21 Å². The van der Waals surface area contributed by atoms with Crippen molar-refractivity contribution in [3.8, 4) is 0 Å². The molecule has 1 atom stereocenters. The Kier molecular flexibility index (Phi) is 4.88. The summed E-state index contributed by atoms with van der Waals surface area (Å²) in [7, 11) is 1.96. The molecule has 0 spiro atoms. The van der Waals surface area contributed by atoms with Gasteiger partial charge in [-0.1, -0.05) is 38.5 Å². The number of unbranched alkanes of at least 4 members (excludes halogenated alkanes) is 2. The summed E-state index contributed by atoms with van der Waals surface area (Å²) in [6, 6.07) is 0.0494. The molecule has 3 N–H and O–H groups in total. The summed E-state index contributed by atoms with van der Waals surface area (Å²) in [5, 5.41) is 20.1. The number of hydrogen-bond acceptors (Lipinski definition) is 4. The Labute approximate surface area is 115 Å². The molecule has 1 unspecified atom stereocenters. The number of nitrogens with one attached hydrogen (secondary N) is 2. The molecule has 0 aromatic carbocycles. The first kappa shape index (κ1) is 14.0. The summed E-state index contributed by atoms with van der Waals surface area (Å²) in [6.45, 7) is 0. The van der Waals surface area contributed by atoms with Crippen LogP contribution in [0.2, 0.25) is 0 Å². The normalized spacial score (nSPS) is 25.1. The second-order valence-corrected chi connectivity index (χ2v) is 5.64. The van der Waals surface area contributed by atoms with Gasteiger partial charge in [-0.25, -0.2) is 0 Å². The van der Waals surface area contributed by atoms with E-state index in [0.29, 0.717) is 5.76 Å². The molecule has 1 aliphatic carbocycles. The number of allylic oxidation sites excluding steroid dienone is 1. The van der Waals surface area contributed by atoms with Crippen LogP contribution in [0, 0.1) is 11.3 Å². The molecule has 0 radical (unpaired) electrons. The third kappa shape index (κ3) is 4.01. The third-order valence-electron chi connectivity index (χ3n) is 4.08. The molecule has 106 valence electrons. The molecule has 0 aromatic rings. The molecule has 1 aliphatic heterocycles. The van der Waals surface area contributed by atoms with Gasteiger partial charge >= 0.3 is 0 Å². The Balaban J connectivity index is 1.76. The van der Waals surface area contributed by atoms with Crippen LogP contribution in [0.5, 0.6) is 0 Å². The quantitative estimate of drug-likeness (QED) is 0.488. The van der Waals surface area contributed by atoms with Crippen molar-refractivity contribution in [3.05, 3.63) is 23.9 Å². The minimum Gasteiger partial charge on any atom is -0.509 e. The molecule has 0 aromatic heterocycles. The fraction of sp³-hybridized carbons (Fsp3) is 0.667. The molecular weight excluding hydrogens is 238 g/mol. The van der Waals surface area contributed by atoms with Gasteiger partial charge in [0.05, 0.1) is 6.04 Å². The summed E-state index contributed by atoms with van der Waals surface area (Å²) in [5.74, 6) is 2.29. The first-order valence-electron chi connectivity index (χ1n) is 7.31. The SMILES string of the molecule is CN1/C(=C/C=N)NC=C(O)C1CCCCCC1CC1. The van der Waals surface area contributed by atoms with E-state index in [-0.39, 0.29) is 6.04 Å². The molecule has 1 saturated carbocycles. The molecule has 2 rings (SSSR count). The molecule has 0 amide bonds. The first-order valence-corrected chi connectivity index (χ1v) is 7.31. The van der Waals surface area contributed by atoms with Crippen molar-refractivity contribution in [2.75, 3.05) is 7.05 Å². The third-order valence-corrected chi connectivity index (χ3v) is 4.08. The average molecular weight is 263 g/mol. The zero-order valence-electron chi connectivity index (χ0n) is 11.7. The lowest BCUT2D eigenvalue weighted by Gasteiger charge is -2.35. The van der Waals surface area contributed by atoms with Gasteiger partial charge in [0.15, 0.2) is 0 Å². The van der Waals surface area contributed by atoms with Crippen LogP contribution in [0.4, 0.5) is 0 Å². The Morgan fingerprint density at radius 3 is 2.79 bits per heavy atom. The molecule has 1 fully saturated rings. The topological polar surface area (TPSA) is 59.4 Å². The van der Waals surface area contributed by atoms with Gasteiger partial charge in [-0.2, -0.15) is 0 Å². The lowest BCUT2D eigenvalue weighted by Crippen LogP contribution is -2.41. The van der Waals surface area contributed by atoms with E-state index in [9.17, 15) is 5.11 Å². The zero-order valence-corrected chi connectivity index (χ0v) is 11.7. The molecule has 4 heteroatoms. The Hall–Kier alpha value is -1.45. The van der Waals surface area contributed by atoms with Gasteiger partial charge in [-0.05, 0) is 18.4 Å². The Morgan fingerprint density at radius 2 is 2.11 bits per heavy atom. The minimum absolute atomic E-state index is 0.0494. The first-order chi connectivity index (χ1) is 9.22. The van der Waals surface area contributed by atoms with Gasteiger partial charge in [0, 0.05) is 19.5 Å². The van der Waals surface area contributed by atoms with E-state index >= 15 is 0 Å². The molecule has 4 nitrogen and oxygen atoms in total. The van der Waals surface area contributed by atoms with E-state index < -0.39 is 0 Å². The highest BCUT2D eigenvalue weighted by Crippen LogP contribution is 2.34. The van der Waals surface area contributed by atoms with Crippen LogP contribution in [0.25, 0.3) is 0 Å². The predicted octanol–water partition coefficient (Wildman–Crippen LogP) is 3.14. The maximum Gasteiger partial charge on any atom is 0.131 e. The zero-order chi connectivity index (χ0) is 13.7. The van der Waals surface area contributed by atoms with Gasteiger partial charge in [0.2, 0.25) is 0 Å². The highest BCUT2D eigenvalue weighted by atomic mass is 16.3. The van der Waals surface area contributed by atoms with Crippen LogP contribution in [-0.2, 0) is 0 Å². The van der Waals surface area contributed by atoms with Crippen LogP contribution in [0.15, 0.2) is 23.9 Å². The van der Waals surface area contributed by atoms with Crippen LogP contribution in [-0.4, -0.2) is 29.3 Å². The van der Waals surface area contributed by atoms with Gasteiger partial charge in [-0.3, -0.25) is 0 Å². The number of likely N-dealkylation sites (N-methyl/N-ethyl adjacent to an activating group) is 1. The van der Waals surface area contributed by atoms with Crippen LogP contribution in [0.3, 0.4) is 0 Å². The summed E-state index contributed by atoms with van der Waals surface area (Å²) >= 11 is 0. The van der Waals surface area contributed by atoms with Gasteiger partial charge < -0.3 is 20.7 Å². The molecule has 2 aliphatic rings. The average Bonchev–Trinajstić information content (AvgIpc) is 3.20. The molecule has 0 saturated heterocycles. The Morgan fingerprint density at radius 1 is 1.37 bits per heavy atom. The second-order valence-electron chi connectivity index (χ2n) is 5.64. The highest BCUT2D eigenvalue weighted by molar-refractivity contribution is 5.68. The Bertz CT molecular complexity index is 372. The lowest BCUT2D eigenvalue weighted by molar-refractivity contribution is 0.209. The predicted molar refractivity (Wildman–Crippen MR) is 78.1 cm³/mol. The van der Waals surface area contributed by atoms with Crippen LogP contribution < -0.4 is 5.32 Å². The highest BCUT2D eigenvalue weighted by Gasteiger charge is 2.24. The van der Waals surface area contributed by atoms with Crippen LogP contribution in [0.1, 0.15) is 44.9 Å². The smallest absolute Gasteiger partial charge is 0.131 e. The summed E-state index contributed by atoms with van der Waals surface area (Å²) in [6.07, 6.45) is 13.6. The number of hydrogen-bond donors (Lipinski definition) is 3. The van der Waals surface area contributed by atoms with Crippen molar-refractivity contribution in [1.82, 2.24) is 10.2 Å². The van der Waals surface area contributed by atoms with Crippen molar-refractivity contribution in [2.45, 2.75) is 51.0 Å².